The van der Waals surface area contributed by atoms with Gasteiger partial charge in [-0.15, -0.1) is 0 Å². The van der Waals surface area contributed by atoms with Gasteiger partial charge in [0.25, 0.3) is 5.91 Å². The first-order valence-corrected chi connectivity index (χ1v) is 8.28. The number of hydrogen-bond donors (Lipinski definition) is 1. The number of ether oxygens (including phenoxy) is 1. The standard InChI is InChI=1S/C18H23N3O3/c1-14-4-2-7-19-17(14)18(22)20-8-6-16-13-21(9-11-24-16)12-15-5-3-10-23-15/h2-5,7,10,16H,6,8-9,11-13H2,1H3,(H,20,22)/t16-/m1/s1. The highest BCUT2D eigenvalue weighted by Crippen LogP contribution is 2.12. The number of nitrogens with zero attached hydrogens (tertiary/aromatic N) is 2. The average molecular weight is 329 g/mol. The molecule has 3 rings (SSSR count). The summed E-state index contributed by atoms with van der Waals surface area (Å²) in [7, 11) is 0. The maximum absolute atomic E-state index is 12.1. The minimum atomic E-state index is -0.128. The second-order valence-corrected chi connectivity index (χ2v) is 6.02. The Kier molecular flexibility index (Phi) is 5.61. The molecule has 2 aromatic heterocycles. The van der Waals surface area contributed by atoms with Crippen molar-refractivity contribution in [2.45, 2.75) is 26.0 Å². The lowest BCUT2D eigenvalue weighted by Crippen LogP contribution is -2.43. The summed E-state index contributed by atoms with van der Waals surface area (Å²) in [6.07, 6.45) is 4.24. The Hall–Kier alpha value is -2.18. The average Bonchev–Trinajstić information content (AvgIpc) is 3.08. The van der Waals surface area contributed by atoms with E-state index in [-0.39, 0.29) is 12.0 Å². The van der Waals surface area contributed by atoms with Crippen LogP contribution in [0.4, 0.5) is 0 Å². The molecule has 1 atom stereocenters. The minimum Gasteiger partial charge on any atom is -0.468 e. The molecule has 0 unspecified atom stereocenters. The maximum atomic E-state index is 12.1. The van der Waals surface area contributed by atoms with Crippen molar-refractivity contribution in [3.05, 3.63) is 53.7 Å². The molecule has 0 saturated carbocycles. The van der Waals surface area contributed by atoms with Gasteiger partial charge in [0.15, 0.2) is 0 Å². The van der Waals surface area contributed by atoms with Crippen molar-refractivity contribution < 1.29 is 13.9 Å². The molecule has 0 bridgehead atoms. The Morgan fingerprint density at radius 2 is 2.33 bits per heavy atom. The van der Waals surface area contributed by atoms with Crippen molar-refractivity contribution in [2.75, 3.05) is 26.2 Å². The molecule has 0 radical (unpaired) electrons. The summed E-state index contributed by atoms with van der Waals surface area (Å²) in [6, 6.07) is 7.61. The number of morpholine rings is 1. The molecule has 0 aromatic carbocycles. The van der Waals surface area contributed by atoms with Gasteiger partial charge in [-0.05, 0) is 37.1 Å². The molecule has 1 aliphatic heterocycles. The summed E-state index contributed by atoms with van der Waals surface area (Å²) >= 11 is 0. The molecular weight excluding hydrogens is 306 g/mol. The van der Waals surface area contributed by atoms with Crippen LogP contribution >= 0.6 is 0 Å². The molecule has 0 aliphatic carbocycles. The third kappa shape index (κ3) is 4.43. The molecule has 24 heavy (non-hydrogen) atoms. The quantitative estimate of drug-likeness (QED) is 0.878. The number of hydrogen-bond acceptors (Lipinski definition) is 5. The van der Waals surface area contributed by atoms with Crippen molar-refractivity contribution in [1.82, 2.24) is 15.2 Å². The van der Waals surface area contributed by atoms with Crippen LogP contribution in [-0.2, 0) is 11.3 Å². The topological polar surface area (TPSA) is 67.6 Å². The van der Waals surface area contributed by atoms with Crippen LogP contribution in [0.2, 0.25) is 0 Å². The normalized spacial score (nSPS) is 18.5. The number of pyridine rings is 1. The lowest BCUT2D eigenvalue weighted by Gasteiger charge is -2.32. The molecule has 128 valence electrons. The van der Waals surface area contributed by atoms with E-state index in [1.807, 2.05) is 31.2 Å². The summed E-state index contributed by atoms with van der Waals surface area (Å²) < 4.78 is 11.2. The number of carbonyl (C=O) groups excluding carboxylic acids is 1. The van der Waals surface area contributed by atoms with Crippen LogP contribution in [0.25, 0.3) is 0 Å². The van der Waals surface area contributed by atoms with E-state index < -0.39 is 0 Å². The first-order chi connectivity index (χ1) is 11.7. The molecule has 3 heterocycles. The molecule has 6 heteroatoms. The Labute approximate surface area is 141 Å². The molecule has 1 fully saturated rings. The third-order valence-electron chi connectivity index (χ3n) is 4.16. The summed E-state index contributed by atoms with van der Waals surface area (Å²) in [5.41, 5.74) is 1.37. The molecule has 1 saturated heterocycles. The molecule has 1 aliphatic rings. The summed E-state index contributed by atoms with van der Waals surface area (Å²) in [5, 5.41) is 2.93. The van der Waals surface area contributed by atoms with Gasteiger partial charge in [-0.25, -0.2) is 0 Å². The zero-order chi connectivity index (χ0) is 16.8. The fourth-order valence-corrected chi connectivity index (χ4v) is 2.88. The van der Waals surface area contributed by atoms with E-state index in [9.17, 15) is 4.79 Å². The van der Waals surface area contributed by atoms with Gasteiger partial charge in [-0.3, -0.25) is 14.7 Å². The van der Waals surface area contributed by atoms with E-state index in [0.29, 0.717) is 18.8 Å². The van der Waals surface area contributed by atoms with Crippen molar-refractivity contribution in [3.8, 4) is 0 Å². The van der Waals surface area contributed by atoms with Crippen molar-refractivity contribution in [3.63, 3.8) is 0 Å². The maximum Gasteiger partial charge on any atom is 0.270 e. The highest BCUT2D eigenvalue weighted by atomic mass is 16.5. The van der Waals surface area contributed by atoms with Gasteiger partial charge in [0.05, 0.1) is 25.5 Å². The van der Waals surface area contributed by atoms with Crippen LogP contribution in [0.3, 0.4) is 0 Å². The van der Waals surface area contributed by atoms with Gasteiger partial charge in [0.1, 0.15) is 11.5 Å². The van der Waals surface area contributed by atoms with Crippen LogP contribution in [0.5, 0.6) is 0 Å². The molecule has 1 amide bonds. The second kappa shape index (κ2) is 8.08. The molecule has 1 N–H and O–H groups in total. The number of nitrogens with one attached hydrogen (secondary N) is 1. The fourth-order valence-electron chi connectivity index (χ4n) is 2.88. The van der Waals surface area contributed by atoms with Crippen LogP contribution in [0.1, 0.15) is 28.2 Å². The Morgan fingerprint density at radius 1 is 1.42 bits per heavy atom. The monoisotopic (exact) mass is 329 g/mol. The van der Waals surface area contributed by atoms with Crippen molar-refractivity contribution in [2.24, 2.45) is 0 Å². The predicted octanol–water partition coefficient (Wildman–Crippen LogP) is 2.00. The van der Waals surface area contributed by atoms with E-state index in [1.54, 1.807) is 12.5 Å². The van der Waals surface area contributed by atoms with Crippen LogP contribution in [-0.4, -0.2) is 48.1 Å². The number of furan rings is 1. The molecular formula is C18H23N3O3. The van der Waals surface area contributed by atoms with Crippen molar-refractivity contribution in [1.29, 1.82) is 0 Å². The highest BCUT2D eigenvalue weighted by Gasteiger charge is 2.21. The number of aromatic nitrogens is 1. The van der Waals surface area contributed by atoms with E-state index in [4.69, 9.17) is 9.15 Å². The zero-order valence-electron chi connectivity index (χ0n) is 13.9. The number of rotatable bonds is 6. The zero-order valence-corrected chi connectivity index (χ0v) is 13.9. The summed E-state index contributed by atoms with van der Waals surface area (Å²) in [5.74, 6) is 0.839. The van der Waals surface area contributed by atoms with E-state index in [0.717, 1.165) is 37.4 Å². The lowest BCUT2D eigenvalue weighted by molar-refractivity contribution is -0.0359. The molecule has 6 nitrogen and oxygen atoms in total. The van der Waals surface area contributed by atoms with Crippen molar-refractivity contribution >= 4 is 5.91 Å². The molecule has 2 aromatic rings. The minimum absolute atomic E-state index is 0.124. The van der Waals surface area contributed by atoms with Gasteiger partial charge in [0.2, 0.25) is 0 Å². The van der Waals surface area contributed by atoms with Crippen LogP contribution in [0.15, 0.2) is 41.1 Å². The smallest absolute Gasteiger partial charge is 0.270 e. The first-order valence-electron chi connectivity index (χ1n) is 8.28. The van der Waals surface area contributed by atoms with Gasteiger partial charge < -0.3 is 14.5 Å². The Bertz CT molecular complexity index is 657. The Balaban J connectivity index is 1.43. The lowest BCUT2D eigenvalue weighted by atomic mass is 10.2. The highest BCUT2D eigenvalue weighted by molar-refractivity contribution is 5.93. The predicted molar refractivity (Wildman–Crippen MR) is 89.6 cm³/mol. The van der Waals surface area contributed by atoms with Gasteiger partial charge in [-0.2, -0.15) is 0 Å². The van der Waals surface area contributed by atoms with E-state index >= 15 is 0 Å². The fraction of sp³-hybridized carbons (Fsp3) is 0.444. The summed E-state index contributed by atoms with van der Waals surface area (Å²) in [4.78, 5) is 18.6. The van der Waals surface area contributed by atoms with Crippen LogP contribution < -0.4 is 5.32 Å². The van der Waals surface area contributed by atoms with Gasteiger partial charge >= 0.3 is 0 Å². The SMILES string of the molecule is Cc1cccnc1C(=O)NCC[C@@H]1CN(Cc2ccco2)CCO1. The Morgan fingerprint density at radius 3 is 3.12 bits per heavy atom. The number of amides is 1. The third-order valence-corrected chi connectivity index (χ3v) is 4.16. The second-order valence-electron chi connectivity index (χ2n) is 6.02. The number of carbonyl (C=O) groups is 1. The molecule has 0 spiro atoms. The van der Waals surface area contributed by atoms with Gasteiger partial charge in [-0.1, -0.05) is 6.07 Å². The largest absolute Gasteiger partial charge is 0.468 e. The van der Waals surface area contributed by atoms with Gasteiger partial charge in [0, 0.05) is 25.8 Å². The first kappa shape index (κ1) is 16.7. The van der Waals surface area contributed by atoms with E-state index in [1.165, 1.54) is 0 Å². The van der Waals surface area contributed by atoms with Crippen LogP contribution in [0, 0.1) is 6.92 Å². The number of aryl methyl sites for hydroxylation is 1. The van der Waals surface area contributed by atoms with E-state index in [2.05, 4.69) is 15.2 Å². The summed E-state index contributed by atoms with van der Waals surface area (Å²) in [6.45, 7) is 5.72.